The van der Waals surface area contributed by atoms with E-state index in [1.54, 1.807) is 12.1 Å². The van der Waals surface area contributed by atoms with Gasteiger partial charge in [0.25, 0.3) is 0 Å². The number of benzene rings is 1. The Labute approximate surface area is 140 Å². The maximum absolute atomic E-state index is 12.3. The average Bonchev–Trinajstić information content (AvgIpc) is 2.80. The van der Waals surface area contributed by atoms with Crippen LogP contribution in [0.4, 0.5) is 4.79 Å². The molecule has 126 valence electrons. The molecule has 0 radical (unpaired) electrons. The zero-order chi connectivity index (χ0) is 17.3. The van der Waals surface area contributed by atoms with Gasteiger partial charge in [-0.1, -0.05) is 43.5 Å². The Hall–Kier alpha value is -2.50. The third kappa shape index (κ3) is 2.96. The van der Waals surface area contributed by atoms with Crippen molar-refractivity contribution < 1.29 is 19.2 Å². The molecule has 2 aliphatic rings. The van der Waals surface area contributed by atoms with Crippen molar-refractivity contribution >= 4 is 23.6 Å². The molecule has 0 aromatic heterocycles. The van der Waals surface area contributed by atoms with Gasteiger partial charge in [0.1, 0.15) is 0 Å². The summed E-state index contributed by atoms with van der Waals surface area (Å²) in [7, 11) is 1.23. The Morgan fingerprint density at radius 3 is 2.17 bits per heavy atom. The van der Waals surface area contributed by atoms with Crippen molar-refractivity contribution in [3.8, 4) is 0 Å². The normalized spacial score (nSPS) is 19.3. The van der Waals surface area contributed by atoms with Gasteiger partial charge in [0.05, 0.1) is 6.54 Å². The molecule has 1 aliphatic heterocycles. The molecule has 24 heavy (non-hydrogen) atoms. The second-order valence-electron chi connectivity index (χ2n) is 6.42. The highest BCUT2D eigenvalue weighted by Crippen LogP contribution is 2.32. The second kappa shape index (κ2) is 6.55. The molecule has 0 bridgehead atoms. The number of likely N-dealkylation sites (N-methyl/N-ethyl adjacent to an activating group) is 1. The minimum atomic E-state index is -0.949. The van der Waals surface area contributed by atoms with Gasteiger partial charge in [0.15, 0.2) is 5.78 Å². The maximum atomic E-state index is 12.3. The molecule has 3 rings (SSSR count). The predicted octanol–water partition coefficient (Wildman–Crippen LogP) is 2.34. The van der Waals surface area contributed by atoms with Crippen LogP contribution in [0.2, 0.25) is 0 Å². The van der Waals surface area contributed by atoms with Crippen LogP contribution in [0.3, 0.4) is 0 Å². The first-order valence-electron chi connectivity index (χ1n) is 8.25. The molecule has 0 N–H and O–H groups in total. The van der Waals surface area contributed by atoms with Crippen molar-refractivity contribution in [2.24, 2.45) is 0 Å². The van der Waals surface area contributed by atoms with Crippen molar-refractivity contribution in [2.45, 2.75) is 38.0 Å². The number of amides is 4. The van der Waals surface area contributed by atoms with Gasteiger partial charge in [-0.15, -0.1) is 0 Å². The second-order valence-corrected chi connectivity index (χ2v) is 6.42. The van der Waals surface area contributed by atoms with Crippen molar-refractivity contribution in [2.75, 3.05) is 13.6 Å². The summed E-state index contributed by atoms with van der Waals surface area (Å²) in [6.45, 7) is -0.406. The van der Waals surface area contributed by atoms with E-state index in [-0.39, 0.29) is 5.78 Å². The molecule has 6 nitrogen and oxygen atoms in total. The molecule has 2 fully saturated rings. The van der Waals surface area contributed by atoms with Gasteiger partial charge in [-0.3, -0.25) is 19.3 Å². The van der Waals surface area contributed by atoms with Crippen LogP contribution in [-0.4, -0.2) is 47.0 Å². The number of nitrogens with zero attached hydrogens (tertiary/aromatic N) is 2. The monoisotopic (exact) mass is 328 g/mol. The van der Waals surface area contributed by atoms with E-state index in [2.05, 4.69) is 0 Å². The Morgan fingerprint density at radius 1 is 1.00 bits per heavy atom. The van der Waals surface area contributed by atoms with E-state index >= 15 is 0 Å². The Bertz CT molecular complexity index is 689. The van der Waals surface area contributed by atoms with Crippen molar-refractivity contribution in [3.63, 3.8) is 0 Å². The topological polar surface area (TPSA) is 74.8 Å². The first-order valence-corrected chi connectivity index (χ1v) is 8.25. The van der Waals surface area contributed by atoms with Crippen LogP contribution in [0.15, 0.2) is 24.3 Å². The van der Waals surface area contributed by atoms with Gasteiger partial charge in [-0.05, 0) is 24.3 Å². The Morgan fingerprint density at radius 2 is 1.62 bits per heavy atom. The molecule has 0 spiro atoms. The SMILES string of the molecule is CN1C(=O)C(=O)N(CC(=O)c2ccc(C3CCCCC3)cc2)C1=O. The average molecular weight is 328 g/mol. The van der Waals surface area contributed by atoms with Crippen molar-refractivity contribution in [1.82, 2.24) is 9.80 Å². The van der Waals surface area contributed by atoms with Crippen molar-refractivity contribution in [3.05, 3.63) is 35.4 Å². The molecule has 1 aromatic rings. The number of hydrogen-bond donors (Lipinski definition) is 0. The number of carbonyl (C=O) groups excluding carboxylic acids is 4. The molecule has 1 saturated carbocycles. The van der Waals surface area contributed by atoms with Crippen molar-refractivity contribution in [1.29, 1.82) is 0 Å². The fraction of sp³-hybridized carbons (Fsp3) is 0.444. The third-order valence-electron chi connectivity index (χ3n) is 4.86. The van der Waals surface area contributed by atoms with Gasteiger partial charge in [0, 0.05) is 12.6 Å². The predicted molar refractivity (Wildman–Crippen MR) is 86.5 cm³/mol. The van der Waals surface area contributed by atoms with E-state index in [4.69, 9.17) is 0 Å². The van der Waals surface area contributed by atoms with Crippen LogP contribution in [0, 0.1) is 0 Å². The van der Waals surface area contributed by atoms with Gasteiger partial charge < -0.3 is 0 Å². The van der Waals surface area contributed by atoms with E-state index in [0.29, 0.717) is 16.4 Å². The summed E-state index contributed by atoms with van der Waals surface area (Å²) in [5.41, 5.74) is 1.67. The third-order valence-corrected chi connectivity index (χ3v) is 4.86. The van der Waals surface area contributed by atoms with Crippen LogP contribution in [-0.2, 0) is 9.59 Å². The molecule has 1 saturated heterocycles. The lowest BCUT2D eigenvalue weighted by molar-refractivity contribution is -0.142. The molecule has 4 amide bonds. The molecular weight excluding hydrogens is 308 g/mol. The Balaban J connectivity index is 1.68. The molecule has 1 aromatic carbocycles. The molecular formula is C18H20N2O4. The summed E-state index contributed by atoms with van der Waals surface area (Å²) in [5, 5.41) is 0. The van der Waals surface area contributed by atoms with Crippen LogP contribution in [0.1, 0.15) is 53.9 Å². The zero-order valence-corrected chi connectivity index (χ0v) is 13.7. The highest BCUT2D eigenvalue weighted by atomic mass is 16.2. The van der Waals surface area contributed by atoms with E-state index in [1.807, 2.05) is 12.1 Å². The number of carbonyl (C=O) groups is 4. The van der Waals surface area contributed by atoms with Crippen LogP contribution >= 0.6 is 0 Å². The van der Waals surface area contributed by atoms with Gasteiger partial charge in [-0.25, -0.2) is 9.69 Å². The summed E-state index contributed by atoms with van der Waals surface area (Å²) >= 11 is 0. The number of hydrogen-bond acceptors (Lipinski definition) is 4. The van der Waals surface area contributed by atoms with E-state index < -0.39 is 24.4 Å². The van der Waals surface area contributed by atoms with Crippen LogP contribution in [0.25, 0.3) is 0 Å². The van der Waals surface area contributed by atoms with Gasteiger partial charge in [-0.2, -0.15) is 0 Å². The fourth-order valence-electron chi connectivity index (χ4n) is 3.37. The smallest absolute Gasteiger partial charge is 0.292 e. The maximum Gasteiger partial charge on any atom is 0.334 e. The highest BCUT2D eigenvalue weighted by Gasteiger charge is 2.42. The summed E-state index contributed by atoms with van der Waals surface area (Å²) in [6.07, 6.45) is 6.13. The largest absolute Gasteiger partial charge is 0.334 e. The fourth-order valence-corrected chi connectivity index (χ4v) is 3.37. The minimum Gasteiger partial charge on any atom is -0.292 e. The Kier molecular flexibility index (Phi) is 4.46. The first-order chi connectivity index (χ1) is 11.5. The van der Waals surface area contributed by atoms with Crippen LogP contribution in [0.5, 0.6) is 0 Å². The summed E-state index contributed by atoms with van der Waals surface area (Å²) in [5.74, 6) is -1.65. The summed E-state index contributed by atoms with van der Waals surface area (Å²) in [6, 6.07) is 6.63. The lowest BCUT2D eigenvalue weighted by Crippen LogP contribution is -2.36. The number of imide groups is 2. The summed E-state index contributed by atoms with van der Waals surface area (Å²) < 4.78 is 0. The van der Waals surface area contributed by atoms with Gasteiger partial charge >= 0.3 is 17.8 Å². The molecule has 6 heteroatoms. The minimum absolute atomic E-state index is 0.352. The number of ketones is 1. The molecule has 0 atom stereocenters. The van der Waals surface area contributed by atoms with E-state index in [0.717, 1.165) is 4.90 Å². The summed E-state index contributed by atoms with van der Waals surface area (Å²) in [4.78, 5) is 48.7. The highest BCUT2D eigenvalue weighted by molar-refractivity contribution is 6.45. The first kappa shape index (κ1) is 16.4. The van der Waals surface area contributed by atoms with E-state index in [1.165, 1.54) is 44.7 Å². The molecule has 1 heterocycles. The zero-order valence-electron chi connectivity index (χ0n) is 13.7. The standard InChI is InChI=1S/C18H20N2O4/c1-19-16(22)17(23)20(18(19)24)11-15(21)14-9-7-13(8-10-14)12-5-3-2-4-6-12/h7-10,12H,2-6,11H2,1H3. The number of rotatable bonds is 4. The molecule has 0 unspecified atom stereocenters. The lowest BCUT2D eigenvalue weighted by atomic mass is 9.84. The van der Waals surface area contributed by atoms with E-state index in [9.17, 15) is 19.2 Å². The van der Waals surface area contributed by atoms with Crippen LogP contribution < -0.4 is 0 Å². The quantitative estimate of drug-likeness (QED) is 0.483. The number of Topliss-reactive ketones (excluding diaryl/α,β-unsaturated/α-hetero) is 1. The molecule has 1 aliphatic carbocycles. The number of urea groups is 1. The lowest BCUT2D eigenvalue weighted by Gasteiger charge is -2.22. The van der Waals surface area contributed by atoms with Gasteiger partial charge in [0.2, 0.25) is 0 Å².